The maximum Gasteiger partial charge on any atom is 0.146 e. The van der Waals surface area contributed by atoms with Crippen molar-refractivity contribution >= 4 is 27.1 Å². The molecule has 0 aliphatic rings. The summed E-state index contributed by atoms with van der Waals surface area (Å²) in [4.78, 5) is 0. The number of nitrogens with two attached hydrogens (primary N) is 1. The van der Waals surface area contributed by atoms with Crippen molar-refractivity contribution in [2.75, 3.05) is 5.73 Å². The predicted molar refractivity (Wildman–Crippen MR) is 50.9 cm³/mol. The van der Waals surface area contributed by atoms with Gasteiger partial charge >= 0.3 is 0 Å². The molecule has 0 bridgehead atoms. The first-order chi connectivity index (χ1) is 6.24. The van der Waals surface area contributed by atoms with Gasteiger partial charge in [0.2, 0.25) is 0 Å². The summed E-state index contributed by atoms with van der Waals surface area (Å²) in [6, 6.07) is 4.93. The second-order valence-corrected chi connectivity index (χ2v) is 3.51. The molecule has 0 spiro atoms. The van der Waals surface area contributed by atoms with E-state index in [1.54, 1.807) is 11.4 Å². The molecule has 2 nitrogen and oxygen atoms in total. The smallest absolute Gasteiger partial charge is 0.146 e. The van der Waals surface area contributed by atoms with E-state index in [1.165, 1.54) is 17.4 Å². The number of hydrogen-bond donors (Lipinski definition) is 1. The first-order valence-corrected chi connectivity index (χ1v) is 4.47. The highest BCUT2D eigenvalue weighted by Gasteiger charge is 2.09. The minimum absolute atomic E-state index is 0.0651. The van der Waals surface area contributed by atoms with Gasteiger partial charge in [-0.3, -0.25) is 0 Å². The van der Waals surface area contributed by atoms with E-state index in [0.717, 1.165) is 4.70 Å². The van der Waals surface area contributed by atoms with Gasteiger partial charge in [-0.05, 0) is 12.1 Å². The van der Waals surface area contributed by atoms with E-state index in [2.05, 4.69) is 0 Å². The van der Waals surface area contributed by atoms with Crippen LogP contribution >= 0.6 is 11.3 Å². The molecule has 0 radical (unpaired) electrons. The van der Waals surface area contributed by atoms with Crippen LogP contribution in [-0.4, -0.2) is 0 Å². The van der Waals surface area contributed by atoms with Crippen LogP contribution in [0.1, 0.15) is 5.56 Å². The SMILES string of the molecule is N#Cc1csc2ccc(F)c(N)c12. The van der Waals surface area contributed by atoms with Gasteiger partial charge in [-0.15, -0.1) is 11.3 Å². The minimum Gasteiger partial charge on any atom is -0.396 e. The van der Waals surface area contributed by atoms with Crippen molar-refractivity contribution in [3.05, 3.63) is 28.9 Å². The lowest BCUT2D eigenvalue weighted by Gasteiger charge is -1.97. The Balaban J connectivity index is 2.95. The van der Waals surface area contributed by atoms with Crippen molar-refractivity contribution in [3.63, 3.8) is 0 Å². The molecule has 0 saturated heterocycles. The molecule has 0 aliphatic carbocycles. The summed E-state index contributed by atoms with van der Waals surface area (Å²) in [6.07, 6.45) is 0. The van der Waals surface area contributed by atoms with Crippen molar-refractivity contribution in [1.82, 2.24) is 0 Å². The lowest BCUT2D eigenvalue weighted by Crippen LogP contribution is -1.91. The quantitative estimate of drug-likeness (QED) is 0.652. The van der Waals surface area contributed by atoms with Crippen LogP contribution in [-0.2, 0) is 0 Å². The zero-order chi connectivity index (χ0) is 9.42. The molecule has 64 valence electrons. The highest BCUT2D eigenvalue weighted by atomic mass is 32.1. The summed E-state index contributed by atoms with van der Waals surface area (Å²) in [7, 11) is 0. The van der Waals surface area contributed by atoms with Crippen LogP contribution in [0.3, 0.4) is 0 Å². The summed E-state index contributed by atoms with van der Waals surface area (Å²) < 4.78 is 13.9. The average Bonchev–Trinajstić information content (AvgIpc) is 2.55. The van der Waals surface area contributed by atoms with Crippen LogP contribution in [0, 0.1) is 17.1 Å². The fourth-order valence-electron chi connectivity index (χ4n) is 1.21. The molecule has 2 aromatic rings. The molecule has 1 aromatic heterocycles. The highest BCUT2D eigenvalue weighted by Crippen LogP contribution is 2.31. The van der Waals surface area contributed by atoms with Crippen molar-refractivity contribution in [3.8, 4) is 6.07 Å². The fourth-order valence-corrected chi connectivity index (χ4v) is 2.11. The number of nitriles is 1. The lowest BCUT2D eigenvalue weighted by atomic mass is 10.1. The molecule has 0 amide bonds. The number of rotatable bonds is 0. The molecule has 0 saturated carbocycles. The zero-order valence-electron chi connectivity index (χ0n) is 6.54. The fraction of sp³-hybridized carbons (Fsp3) is 0. The van der Waals surface area contributed by atoms with Crippen molar-refractivity contribution < 1.29 is 4.39 Å². The van der Waals surface area contributed by atoms with Gasteiger partial charge in [-0.2, -0.15) is 5.26 Å². The first kappa shape index (κ1) is 8.02. The Bertz CT molecular complexity index is 510. The molecule has 2 rings (SSSR count). The molecule has 0 aliphatic heterocycles. The molecule has 0 fully saturated rings. The van der Waals surface area contributed by atoms with E-state index < -0.39 is 5.82 Å². The number of fused-ring (bicyclic) bond motifs is 1. The number of hydrogen-bond acceptors (Lipinski definition) is 3. The average molecular weight is 192 g/mol. The molecule has 1 heterocycles. The zero-order valence-corrected chi connectivity index (χ0v) is 7.36. The van der Waals surface area contributed by atoms with Gasteiger partial charge in [-0.25, -0.2) is 4.39 Å². The standard InChI is InChI=1S/C9H5FN2S/c10-6-1-2-7-8(9(6)12)5(3-11)4-13-7/h1-2,4H,12H2. The highest BCUT2D eigenvalue weighted by molar-refractivity contribution is 7.17. The minimum atomic E-state index is -0.470. The molecule has 0 atom stereocenters. The number of anilines is 1. The Labute approximate surface area is 78.0 Å². The third kappa shape index (κ3) is 1.05. The second kappa shape index (κ2) is 2.71. The van der Waals surface area contributed by atoms with E-state index in [0.29, 0.717) is 10.9 Å². The van der Waals surface area contributed by atoms with Crippen LogP contribution in [0.15, 0.2) is 17.5 Å². The number of nitrogen functional groups attached to an aromatic ring is 1. The summed E-state index contributed by atoms with van der Waals surface area (Å²) in [5.74, 6) is -0.470. The van der Waals surface area contributed by atoms with E-state index in [-0.39, 0.29) is 5.69 Å². The van der Waals surface area contributed by atoms with Gasteiger partial charge in [0.25, 0.3) is 0 Å². The molecule has 1 aromatic carbocycles. The largest absolute Gasteiger partial charge is 0.396 e. The number of thiophene rings is 1. The van der Waals surface area contributed by atoms with Gasteiger partial charge in [-0.1, -0.05) is 0 Å². The normalized spacial score (nSPS) is 10.2. The Kier molecular flexibility index (Phi) is 1.67. The third-order valence-electron chi connectivity index (χ3n) is 1.85. The maximum atomic E-state index is 13.0. The maximum absolute atomic E-state index is 13.0. The van der Waals surface area contributed by atoms with Gasteiger partial charge in [0.1, 0.15) is 11.9 Å². The van der Waals surface area contributed by atoms with Crippen molar-refractivity contribution in [2.24, 2.45) is 0 Å². The van der Waals surface area contributed by atoms with Crippen LogP contribution in [0.2, 0.25) is 0 Å². The van der Waals surface area contributed by atoms with E-state index in [1.807, 2.05) is 6.07 Å². The molecule has 0 unspecified atom stereocenters. The van der Waals surface area contributed by atoms with E-state index >= 15 is 0 Å². The monoisotopic (exact) mass is 192 g/mol. The van der Waals surface area contributed by atoms with E-state index in [9.17, 15) is 4.39 Å². The van der Waals surface area contributed by atoms with Gasteiger partial charge < -0.3 is 5.73 Å². The Hall–Kier alpha value is -1.60. The van der Waals surface area contributed by atoms with Gasteiger partial charge in [0.15, 0.2) is 0 Å². The van der Waals surface area contributed by atoms with Crippen molar-refractivity contribution in [2.45, 2.75) is 0 Å². The van der Waals surface area contributed by atoms with Crippen LogP contribution < -0.4 is 5.73 Å². The summed E-state index contributed by atoms with van der Waals surface area (Å²) in [5.41, 5.74) is 6.03. The lowest BCUT2D eigenvalue weighted by molar-refractivity contribution is 0.634. The topological polar surface area (TPSA) is 49.8 Å². The summed E-state index contributed by atoms with van der Waals surface area (Å²) in [5, 5.41) is 10.9. The van der Waals surface area contributed by atoms with Crippen molar-refractivity contribution in [1.29, 1.82) is 5.26 Å². The van der Waals surface area contributed by atoms with Crippen LogP contribution in [0.25, 0.3) is 10.1 Å². The number of benzene rings is 1. The number of nitrogens with zero attached hydrogens (tertiary/aromatic N) is 1. The Morgan fingerprint density at radius 1 is 1.46 bits per heavy atom. The predicted octanol–water partition coefficient (Wildman–Crippen LogP) is 2.49. The Morgan fingerprint density at radius 3 is 2.92 bits per heavy atom. The Morgan fingerprint density at radius 2 is 2.23 bits per heavy atom. The van der Waals surface area contributed by atoms with Gasteiger partial charge in [0, 0.05) is 15.5 Å². The summed E-state index contributed by atoms with van der Waals surface area (Å²) >= 11 is 1.39. The first-order valence-electron chi connectivity index (χ1n) is 3.59. The second-order valence-electron chi connectivity index (χ2n) is 2.60. The van der Waals surface area contributed by atoms with Gasteiger partial charge in [0.05, 0.1) is 11.3 Å². The molecular weight excluding hydrogens is 187 g/mol. The van der Waals surface area contributed by atoms with E-state index in [4.69, 9.17) is 11.0 Å². The van der Waals surface area contributed by atoms with Crippen LogP contribution in [0.5, 0.6) is 0 Å². The molecule has 13 heavy (non-hydrogen) atoms. The molecule has 2 N–H and O–H groups in total. The van der Waals surface area contributed by atoms with Crippen LogP contribution in [0.4, 0.5) is 10.1 Å². The number of halogens is 1. The molecule has 4 heteroatoms. The third-order valence-corrected chi connectivity index (χ3v) is 2.80. The molecular formula is C9H5FN2S. The summed E-state index contributed by atoms with van der Waals surface area (Å²) in [6.45, 7) is 0.